The standard InChI is InChI=1S/C18H20ClN3O3/c1-12-4-6-14(25-12)11-20-18(24)21-16-10-13(5-7-15(16)19)17(23)22-8-2-3-9-22/h4-7,10H,2-3,8-9,11H2,1H3,(H2,20,21,24). The number of nitrogens with one attached hydrogen (secondary N) is 2. The topological polar surface area (TPSA) is 74.6 Å². The monoisotopic (exact) mass is 361 g/mol. The third-order valence-electron chi connectivity index (χ3n) is 4.07. The third kappa shape index (κ3) is 4.33. The molecular weight excluding hydrogens is 342 g/mol. The van der Waals surface area contributed by atoms with E-state index in [1.54, 1.807) is 24.3 Å². The first kappa shape index (κ1) is 17.4. The SMILES string of the molecule is Cc1ccc(CNC(=O)Nc2cc(C(=O)N3CCCC3)ccc2Cl)o1. The quantitative estimate of drug-likeness (QED) is 0.869. The fraction of sp³-hybridized carbons (Fsp3) is 0.333. The first-order valence-electron chi connectivity index (χ1n) is 8.22. The molecule has 2 N–H and O–H groups in total. The highest BCUT2D eigenvalue weighted by molar-refractivity contribution is 6.33. The summed E-state index contributed by atoms with van der Waals surface area (Å²) in [5, 5.41) is 5.75. The smallest absolute Gasteiger partial charge is 0.319 e. The predicted molar refractivity (Wildman–Crippen MR) is 95.9 cm³/mol. The van der Waals surface area contributed by atoms with E-state index < -0.39 is 6.03 Å². The lowest BCUT2D eigenvalue weighted by molar-refractivity contribution is 0.0793. The molecule has 1 aromatic carbocycles. The van der Waals surface area contributed by atoms with Crippen molar-refractivity contribution in [2.45, 2.75) is 26.3 Å². The number of halogens is 1. The molecule has 0 spiro atoms. The minimum absolute atomic E-state index is 0.0383. The summed E-state index contributed by atoms with van der Waals surface area (Å²) in [6.07, 6.45) is 2.05. The van der Waals surface area contributed by atoms with Gasteiger partial charge in [0.1, 0.15) is 11.5 Å². The molecule has 25 heavy (non-hydrogen) atoms. The first-order chi connectivity index (χ1) is 12.0. The maximum atomic E-state index is 12.5. The molecule has 7 heteroatoms. The highest BCUT2D eigenvalue weighted by Gasteiger charge is 2.20. The zero-order valence-electron chi connectivity index (χ0n) is 14.0. The third-order valence-corrected chi connectivity index (χ3v) is 4.40. The molecular formula is C18H20ClN3O3. The summed E-state index contributed by atoms with van der Waals surface area (Å²) >= 11 is 6.14. The van der Waals surface area contributed by atoms with Gasteiger partial charge in [0.25, 0.3) is 5.91 Å². The number of benzene rings is 1. The van der Waals surface area contributed by atoms with Crippen LogP contribution in [0.1, 0.15) is 34.7 Å². The zero-order valence-corrected chi connectivity index (χ0v) is 14.7. The zero-order chi connectivity index (χ0) is 17.8. The van der Waals surface area contributed by atoms with Crippen molar-refractivity contribution in [3.8, 4) is 0 Å². The predicted octanol–water partition coefficient (Wildman–Crippen LogP) is 3.80. The summed E-state index contributed by atoms with van der Waals surface area (Å²) in [6.45, 7) is 3.65. The second-order valence-corrected chi connectivity index (χ2v) is 6.42. The van der Waals surface area contributed by atoms with Gasteiger partial charge >= 0.3 is 6.03 Å². The molecule has 1 aromatic heterocycles. The van der Waals surface area contributed by atoms with Crippen LogP contribution in [0.25, 0.3) is 0 Å². The maximum Gasteiger partial charge on any atom is 0.319 e. The lowest BCUT2D eigenvalue weighted by Crippen LogP contribution is -2.29. The molecule has 1 saturated heterocycles. The highest BCUT2D eigenvalue weighted by atomic mass is 35.5. The van der Waals surface area contributed by atoms with Crippen LogP contribution >= 0.6 is 11.6 Å². The van der Waals surface area contributed by atoms with Gasteiger partial charge in [0, 0.05) is 18.7 Å². The fourth-order valence-corrected chi connectivity index (χ4v) is 2.94. The van der Waals surface area contributed by atoms with Gasteiger partial charge in [-0.05, 0) is 50.1 Å². The highest BCUT2D eigenvalue weighted by Crippen LogP contribution is 2.24. The molecule has 0 saturated carbocycles. The van der Waals surface area contributed by atoms with Crippen LogP contribution in [0.3, 0.4) is 0 Å². The number of hydrogen-bond acceptors (Lipinski definition) is 3. The van der Waals surface area contributed by atoms with Gasteiger partial charge in [-0.2, -0.15) is 0 Å². The lowest BCUT2D eigenvalue weighted by atomic mass is 10.1. The molecule has 0 atom stereocenters. The first-order valence-corrected chi connectivity index (χ1v) is 8.60. The normalized spacial score (nSPS) is 13.8. The van der Waals surface area contributed by atoms with Crippen molar-refractivity contribution < 1.29 is 14.0 Å². The molecule has 0 bridgehead atoms. The van der Waals surface area contributed by atoms with Crippen LogP contribution in [0.5, 0.6) is 0 Å². The van der Waals surface area contributed by atoms with Gasteiger partial charge in [0.15, 0.2) is 0 Å². The van der Waals surface area contributed by atoms with Gasteiger partial charge < -0.3 is 20.0 Å². The van der Waals surface area contributed by atoms with Gasteiger partial charge in [-0.15, -0.1) is 0 Å². The van der Waals surface area contributed by atoms with Crippen molar-refractivity contribution >= 4 is 29.2 Å². The Hall–Kier alpha value is -2.47. The summed E-state index contributed by atoms with van der Waals surface area (Å²) in [4.78, 5) is 26.3. The Kier molecular flexibility index (Phi) is 5.28. The Labute approximate surface area is 151 Å². The molecule has 3 amide bonds. The minimum atomic E-state index is -0.415. The number of furan rings is 1. The number of amides is 3. The van der Waals surface area contributed by atoms with E-state index in [1.807, 2.05) is 17.9 Å². The molecule has 1 aliphatic heterocycles. The summed E-state index contributed by atoms with van der Waals surface area (Å²) in [7, 11) is 0. The Morgan fingerprint density at radius 3 is 2.64 bits per heavy atom. The van der Waals surface area contributed by atoms with Crippen LogP contribution in [0, 0.1) is 6.92 Å². The van der Waals surface area contributed by atoms with Crippen LogP contribution in [0.2, 0.25) is 5.02 Å². The summed E-state index contributed by atoms with van der Waals surface area (Å²) in [6, 6.07) is 8.13. The number of nitrogens with zero attached hydrogens (tertiary/aromatic N) is 1. The van der Waals surface area contributed by atoms with E-state index in [2.05, 4.69) is 10.6 Å². The molecule has 0 unspecified atom stereocenters. The molecule has 3 rings (SSSR count). The molecule has 0 radical (unpaired) electrons. The number of rotatable bonds is 4. The van der Waals surface area contributed by atoms with Crippen LogP contribution in [-0.4, -0.2) is 29.9 Å². The van der Waals surface area contributed by atoms with Gasteiger partial charge in [-0.25, -0.2) is 4.79 Å². The number of urea groups is 1. The Bertz CT molecular complexity index is 782. The van der Waals surface area contributed by atoms with E-state index in [1.165, 1.54) is 0 Å². The number of anilines is 1. The maximum absolute atomic E-state index is 12.5. The van der Waals surface area contributed by atoms with E-state index in [0.717, 1.165) is 31.7 Å². The summed E-state index contributed by atoms with van der Waals surface area (Å²) < 4.78 is 5.40. The van der Waals surface area contributed by atoms with E-state index >= 15 is 0 Å². The average molecular weight is 362 g/mol. The number of carbonyl (C=O) groups is 2. The Morgan fingerprint density at radius 2 is 1.96 bits per heavy atom. The number of carbonyl (C=O) groups excluding carboxylic acids is 2. The minimum Gasteiger partial charge on any atom is -0.465 e. The molecule has 1 fully saturated rings. The van der Waals surface area contributed by atoms with Crippen molar-refractivity contribution in [1.82, 2.24) is 10.2 Å². The van der Waals surface area contributed by atoms with Crippen LogP contribution in [-0.2, 0) is 6.54 Å². The summed E-state index contributed by atoms with van der Waals surface area (Å²) in [5.41, 5.74) is 0.920. The fourth-order valence-electron chi connectivity index (χ4n) is 2.77. The largest absolute Gasteiger partial charge is 0.465 e. The Morgan fingerprint density at radius 1 is 1.20 bits per heavy atom. The molecule has 6 nitrogen and oxygen atoms in total. The van der Waals surface area contributed by atoms with Crippen LogP contribution < -0.4 is 10.6 Å². The second-order valence-electron chi connectivity index (χ2n) is 6.01. The van der Waals surface area contributed by atoms with Crippen molar-refractivity contribution in [1.29, 1.82) is 0 Å². The van der Waals surface area contributed by atoms with E-state index in [9.17, 15) is 9.59 Å². The average Bonchev–Trinajstić information content (AvgIpc) is 3.26. The van der Waals surface area contributed by atoms with Gasteiger partial charge in [-0.1, -0.05) is 11.6 Å². The summed E-state index contributed by atoms with van der Waals surface area (Å²) in [5.74, 6) is 1.41. The van der Waals surface area contributed by atoms with E-state index in [-0.39, 0.29) is 12.5 Å². The lowest BCUT2D eigenvalue weighted by Gasteiger charge is -2.16. The van der Waals surface area contributed by atoms with Crippen molar-refractivity contribution in [2.24, 2.45) is 0 Å². The van der Waals surface area contributed by atoms with Crippen LogP contribution in [0.15, 0.2) is 34.7 Å². The van der Waals surface area contributed by atoms with Crippen molar-refractivity contribution in [2.75, 3.05) is 18.4 Å². The van der Waals surface area contributed by atoms with Gasteiger partial charge in [0.2, 0.25) is 0 Å². The molecule has 132 valence electrons. The number of likely N-dealkylation sites (tertiary alicyclic amines) is 1. The van der Waals surface area contributed by atoms with Gasteiger partial charge in [0.05, 0.1) is 17.3 Å². The molecule has 1 aliphatic rings. The van der Waals surface area contributed by atoms with Crippen molar-refractivity contribution in [3.63, 3.8) is 0 Å². The van der Waals surface area contributed by atoms with E-state index in [0.29, 0.717) is 22.0 Å². The van der Waals surface area contributed by atoms with Crippen LogP contribution in [0.4, 0.5) is 10.5 Å². The molecule has 2 aromatic rings. The van der Waals surface area contributed by atoms with E-state index in [4.69, 9.17) is 16.0 Å². The second kappa shape index (κ2) is 7.61. The van der Waals surface area contributed by atoms with Crippen molar-refractivity contribution in [3.05, 3.63) is 52.4 Å². The molecule has 0 aliphatic carbocycles. The van der Waals surface area contributed by atoms with Gasteiger partial charge in [-0.3, -0.25) is 4.79 Å². The molecule has 2 heterocycles. The number of aryl methyl sites for hydroxylation is 1. The number of hydrogen-bond donors (Lipinski definition) is 2. The Balaban J connectivity index is 1.63.